The highest BCUT2D eigenvalue weighted by atomic mass is 16.5. The zero-order chi connectivity index (χ0) is 15.2. The molecular formula is C16H19NO4. The van der Waals surface area contributed by atoms with Crippen molar-refractivity contribution in [2.24, 2.45) is 0 Å². The van der Waals surface area contributed by atoms with Gasteiger partial charge in [-0.1, -0.05) is 12.1 Å². The molecular weight excluding hydrogens is 270 g/mol. The highest BCUT2D eigenvalue weighted by Gasteiger charge is 2.12. The molecule has 21 heavy (non-hydrogen) atoms. The van der Waals surface area contributed by atoms with Crippen molar-refractivity contribution in [1.82, 2.24) is 5.32 Å². The van der Waals surface area contributed by atoms with E-state index in [0.717, 1.165) is 24.3 Å². The smallest absolute Gasteiger partial charge is 0.371 e. The molecule has 0 unspecified atom stereocenters. The van der Waals surface area contributed by atoms with Crippen LogP contribution in [0.25, 0.3) is 0 Å². The number of carboxylic acids is 1. The van der Waals surface area contributed by atoms with E-state index in [4.69, 9.17) is 14.3 Å². The lowest BCUT2D eigenvalue weighted by atomic mass is 10.1. The molecule has 0 aliphatic heterocycles. The van der Waals surface area contributed by atoms with Crippen LogP contribution in [0, 0.1) is 6.92 Å². The normalized spacial score (nSPS) is 10.6. The molecule has 2 aromatic rings. The molecule has 0 bridgehead atoms. The number of nitrogens with one attached hydrogen (secondary N) is 1. The van der Waals surface area contributed by atoms with Gasteiger partial charge in [0.15, 0.2) is 0 Å². The number of ether oxygens (including phenoxy) is 1. The third kappa shape index (κ3) is 4.10. The fourth-order valence-corrected chi connectivity index (χ4v) is 2.08. The van der Waals surface area contributed by atoms with E-state index < -0.39 is 5.97 Å². The van der Waals surface area contributed by atoms with Gasteiger partial charge >= 0.3 is 5.97 Å². The lowest BCUT2D eigenvalue weighted by Gasteiger charge is -2.06. The first-order valence-electron chi connectivity index (χ1n) is 6.76. The molecule has 0 saturated carbocycles. The molecule has 0 aliphatic carbocycles. The summed E-state index contributed by atoms with van der Waals surface area (Å²) >= 11 is 0. The van der Waals surface area contributed by atoms with Gasteiger partial charge in [0.05, 0.1) is 7.11 Å². The lowest BCUT2D eigenvalue weighted by molar-refractivity contribution is 0.0661. The van der Waals surface area contributed by atoms with Crippen LogP contribution in [-0.4, -0.2) is 24.7 Å². The van der Waals surface area contributed by atoms with Crippen LogP contribution in [0.2, 0.25) is 0 Å². The number of hydrogen-bond donors (Lipinski definition) is 2. The molecule has 0 fully saturated rings. The Kier molecular flexibility index (Phi) is 5.00. The van der Waals surface area contributed by atoms with Crippen LogP contribution >= 0.6 is 0 Å². The standard InChI is InChI=1S/C16H19NO4/c1-11-13(9-15(21-11)16(18)19)10-17-7-6-12-4-3-5-14(8-12)20-2/h3-5,8-9,17H,6-7,10H2,1-2H3,(H,18,19). The van der Waals surface area contributed by atoms with Gasteiger partial charge in [0.25, 0.3) is 0 Å². The predicted octanol–water partition coefficient (Wildman–Crippen LogP) is 2.63. The summed E-state index contributed by atoms with van der Waals surface area (Å²) in [4.78, 5) is 10.8. The largest absolute Gasteiger partial charge is 0.497 e. The minimum absolute atomic E-state index is 0.0166. The Labute approximate surface area is 123 Å². The maximum atomic E-state index is 10.8. The number of carboxylic acid groups (broad SMARTS) is 1. The van der Waals surface area contributed by atoms with Crippen molar-refractivity contribution in [2.75, 3.05) is 13.7 Å². The molecule has 1 aromatic heterocycles. The number of methoxy groups -OCH3 is 1. The summed E-state index contributed by atoms with van der Waals surface area (Å²) in [5.41, 5.74) is 2.06. The Morgan fingerprint density at radius 1 is 1.38 bits per heavy atom. The Morgan fingerprint density at radius 2 is 2.19 bits per heavy atom. The second-order valence-electron chi connectivity index (χ2n) is 4.78. The molecule has 0 spiro atoms. The number of aromatic carboxylic acids is 1. The van der Waals surface area contributed by atoms with Crippen molar-refractivity contribution >= 4 is 5.97 Å². The molecule has 1 aromatic carbocycles. The summed E-state index contributed by atoms with van der Waals surface area (Å²) < 4.78 is 10.3. The third-order valence-electron chi connectivity index (χ3n) is 3.27. The van der Waals surface area contributed by atoms with E-state index in [-0.39, 0.29) is 5.76 Å². The van der Waals surface area contributed by atoms with Crippen molar-refractivity contribution < 1.29 is 19.1 Å². The lowest BCUT2D eigenvalue weighted by Crippen LogP contribution is -2.16. The second-order valence-corrected chi connectivity index (χ2v) is 4.78. The zero-order valence-corrected chi connectivity index (χ0v) is 12.2. The molecule has 0 saturated heterocycles. The first kappa shape index (κ1) is 15.1. The molecule has 0 radical (unpaired) electrons. The monoisotopic (exact) mass is 289 g/mol. The third-order valence-corrected chi connectivity index (χ3v) is 3.27. The maximum absolute atomic E-state index is 10.8. The van der Waals surface area contributed by atoms with Gasteiger partial charge in [0.2, 0.25) is 5.76 Å². The minimum atomic E-state index is -1.04. The zero-order valence-electron chi connectivity index (χ0n) is 12.2. The molecule has 2 N–H and O–H groups in total. The molecule has 0 atom stereocenters. The van der Waals surface area contributed by atoms with E-state index >= 15 is 0 Å². The van der Waals surface area contributed by atoms with E-state index in [1.54, 1.807) is 20.1 Å². The van der Waals surface area contributed by atoms with Crippen molar-refractivity contribution in [3.8, 4) is 5.75 Å². The van der Waals surface area contributed by atoms with Crippen molar-refractivity contribution in [2.45, 2.75) is 19.9 Å². The van der Waals surface area contributed by atoms with Gasteiger partial charge in [-0.25, -0.2) is 4.79 Å². The van der Waals surface area contributed by atoms with Crippen LogP contribution in [0.5, 0.6) is 5.75 Å². The number of hydrogen-bond acceptors (Lipinski definition) is 4. The van der Waals surface area contributed by atoms with E-state index in [1.165, 1.54) is 5.56 Å². The van der Waals surface area contributed by atoms with Crippen molar-refractivity contribution in [3.63, 3.8) is 0 Å². The molecule has 2 rings (SSSR count). The summed E-state index contributed by atoms with van der Waals surface area (Å²) in [6.07, 6.45) is 0.875. The van der Waals surface area contributed by atoms with Crippen LogP contribution in [0.1, 0.15) is 27.4 Å². The number of carbonyl (C=O) groups is 1. The van der Waals surface area contributed by atoms with Gasteiger partial charge in [0.1, 0.15) is 11.5 Å². The van der Waals surface area contributed by atoms with E-state index in [2.05, 4.69) is 11.4 Å². The van der Waals surface area contributed by atoms with Crippen LogP contribution < -0.4 is 10.1 Å². The van der Waals surface area contributed by atoms with E-state index in [1.807, 2.05) is 18.2 Å². The summed E-state index contributed by atoms with van der Waals surface area (Å²) in [6, 6.07) is 9.51. The fraction of sp³-hybridized carbons (Fsp3) is 0.312. The molecule has 112 valence electrons. The fourth-order valence-electron chi connectivity index (χ4n) is 2.08. The highest BCUT2D eigenvalue weighted by molar-refractivity contribution is 5.84. The van der Waals surface area contributed by atoms with Crippen LogP contribution in [0.15, 0.2) is 34.7 Å². The summed E-state index contributed by atoms with van der Waals surface area (Å²) in [6.45, 7) is 3.15. The molecule has 1 heterocycles. The Bertz CT molecular complexity index is 618. The average molecular weight is 289 g/mol. The average Bonchev–Trinajstić information content (AvgIpc) is 2.85. The number of furan rings is 1. The highest BCUT2D eigenvalue weighted by Crippen LogP contribution is 2.15. The maximum Gasteiger partial charge on any atom is 0.371 e. The summed E-state index contributed by atoms with van der Waals surface area (Å²) in [5.74, 6) is 0.434. The van der Waals surface area contributed by atoms with Crippen LogP contribution in [0.4, 0.5) is 0 Å². The molecule has 0 amide bonds. The molecule has 5 nitrogen and oxygen atoms in total. The van der Waals surface area contributed by atoms with Gasteiger partial charge < -0.3 is 19.6 Å². The van der Waals surface area contributed by atoms with E-state index in [9.17, 15) is 4.79 Å². The second kappa shape index (κ2) is 6.95. The van der Waals surface area contributed by atoms with Crippen LogP contribution in [-0.2, 0) is 13.0 Å². The van der Waals surface area contributed by atoms with Gasteiger partial charge in [-0.3, -0.25) is 0 Å². The Morgan fingerprint density at radius 3 is 2.86 bits per heavy atom. The number of aryl methyl sites for hydroxylation is 1. The van der Waals surface area contributed by atoms with Gasteiger partial charge in [0, 0.05) is 12.1 Å². The van der Waals surface area contributed by atoms with Crippen molar-refractivity contribution in [3.05, 3.63) is 53.0 Å². The first-order valence-corrected chi connectivity index (χ1v) is 6.76. The van der Waals surface area contributed by atoms with Gasteiger partial charge in [-0.15, -0.1) is 0 Å². The Hall–Kier alpha value is -2.27. The Balaban J connectivity index is 1.83. The van der Waals surface area contributed by atoms with Crippen molar-refractivity contribution in [1.29, 1.82) is 0 Å². The molecule has 0 aliphatic rings. The van der Waals surface area contributed by atoms with E-state index in [0.29, 0.717) is 12.3 Å². The quantitative estimate of drug-likeness (QED) is 0.767. The summed E-state index contributed by atoms with van der Waals surface area (Å²) in [5, 5.41) is 12.2. The molecule has 5 heteroatoms. The summed E-state index contributed by atoms with van der Waals surface area (Å²) in [7, 11) is 1.65. The topological polar surface area (TPSA) is 71.7 Å². The van der Waals surface area contributed by atoms with Gasteiger partial charge in [-0.2, -0.15) is 0 Å². The van der Waals surface area contributed by atoms with Crippen LogP contribution in [0.3, 0.4) is 0 Å². The first-order chi connectivity index (χ1) is 10.1. The minimum Gasteiger partial charge on any atom is -0.497 e. The number of rotatable bonds is 7. The number of benzene rings is 1. The predicted molar refractivity (Wildman–Crippen MR) is 78.8 cm³/mol. The SMILES string of the molecule is COc1cccc(CCNCc2cc(C(=O)O)oc2C)c1. The van der Waals surface area contributed by atoms with Gasteiger partial charge in [-0.05, 0) is 43.7 Å².